The first-order chi connectivity index (χ1) is 10.4. The van der Waals surface area contributed by atoms with Crippen LogP contribution >= 0.6 is 27.3 Å². The SMILES string of the molecule is CCNS(=O)(=O)c1ccc(C(=O)NCc2cc(Br)cs2)cc1. The van der Waals surface area contributed by atoms with E-state index in [0.29, 0.717) is 18.7 Å². The molecule has 8 heteroatoms. The van der Waals surface area contributed by atoms with Crippen LogP contribution in [0.3, 0.4) is 0 Å². The minimum Gasteiger partial charge on any atom is -0.347 e. The second-order valence-electron chi connectivity index (χ2n) is 4.44. The second-order valence-corrected chi connectivity index (χ2v) is 8.12. The molecular weight excluding hydrogens is 388 g/mol. The van der Waals surface area contributed by atoms with E-state index >= 15 is 0 Å². The van der Waals surface area contributed by atoms with Crippen LogP contribution in [0.25, 0.3) is 0 Å². The molecule has 2 aromatic rings. The molecule has 0 radical (unpaired) electrons. The van der Waals surface area contributed by atoms with Gasteiger partial charge in [-0.3, -0.25) is 4.79 Å². The summed E-state index contributed by atoms with van der Waals surface area (Å²) in [6.07, 6.45) is 0. The van der Waals surface area contributed by atoms with Gasteiger partial charge in [-0.2, -0.15) is 0 Å². The molecule has 0 aliphatic rings. The Kier molecular flexibility index (Phi) is 5.74. The Labute approximate surface area is 141 Å². The van der Waals surface area contributed by atoms with Crippen molar-refractivity contribution in [2.75, 3.05) is 6.54 Å². The number of nitrogens with one attached hydrogen (secondary N) is 2. The molecule has 0 spiro atoms. The van der Waals surface area contributed by atoms with Crippen molar-refractivity contribution < 1.29 is 13.2 Å². The maximum absolute atomic E-state index is 12.0. The number of thiophene rings is 1. The molecule has 1 amide bonds. The van der Waals surface area contributed by atoms with Crippen molar-refractivity contribution >= 4 is 43.2 Å². The molecular formula is C14H15BrN2O3S2. The van der Waals surface area contributed by atoms with Crippen molar-refractivity contribution in [3.05, 3.63) is 50.6 Å². The third kappa shape index (κ3) is 4.39. The van der Waals surface area contributed by atoms with E-state index in [4.69, 9.17) is 0 Å². The molecule has 0 aliphatic heterocycles. The number of halogens is 1. The summed E-state index contributed by atoms with van der Waals surface area (Å²) < 4.78 is 27.0. The van der Waals surface area contributed by atoms with Crippen LogP contribution in [0.15, 0.2) is 45.1 Å². The quantitative estimate of drug-likeness (QED) is 0.779. The molecule has 22 heavy (non-hydrogen) atoms. The van der Waals surface area contributed by atoms with Crippen molar-refractivity contribution in [3.63, 3.8) is 0 Å². The summed E-state index contributed by atoms with van der Waals surface area (Å²) in [5.74, 6) is -0.239. The molecule has 5 nitrogen and oxygen atoms in total. The largest absolute Gasteiger partial charge is 0.347 e. The minimum absolute atomic E-state index is 0.146. The molecule has 1 aromatic carbocycles. The highest BCUT2D eigenvalue weighted by molar-refractivity contribution is 9.10. The smallest absolute Gasteiger partial charge is 0.251 e. The van der Waals surface area contributed by atoms with Crippen LogP contribution in [0.5, 0.6) is 0 Å². The van der Waals surface area contributed by atoms with E-state index in [-0.39, 0.29) is 10.8 Å². The van der Waals surface area contributed by atoms with Gasteiger partial charge >= 0.3 is 0 Å². The van der Waals surface area contributed by atoms with Gasteiger partial charge in [0.15, 0.2) is 0 Å². The number of amides is 1. The molecule has 0 saturated heterocycles. The molecule has 0 aliphatic carbocycles. The standard InChI is InChI=1S/C14H15BrN2O3S2/c1-2-17-22(19,20)13-5-3-10(4-6-13)14(18)16-8-12-7-11(15)9-21-12/h3-7,9,17H,2,8H2,1H3,(H,16,18). The van der Waals surface area contributed by atoms with Crippen LogP contribution in [0.1, 0.15) is 22.2 Å². The topological polar surface area (TPSA) is 75.3 Å². The number of hydrogen-bond donors (Lipinski definition) is 2. The van der Waals surface area contributed by atoms with Crippen LogP contribution in [0, 0.1) is 0 Å². The van der Waals surface area contributed by atoms with Crippen molar-refractivity contribution in [1.82, 2.24) is 10.0 Å². The highest BCUT2D eigenvalue weighted by atomic mass is 79.9. The average molecular weight is 403 g/mol. The molecule has 0 unspecified atom stereocenters. The highest BCUT2D eigenvalue weighted by Crippen LogP contribution is 2.19. The van der Waals surface area contributed by atoms with Gasteiger partial charge in [-0.05, 0) is 46.3 Å². The zero-order chi connectivity index (χ0) is 16.2. The maximum Gasteiger partial charge on any atom is 0.251 e. The van der Waals surface area contributed by atoms with Crippen molar-refractivity contribution in [1.29, 1.82) is 0 Å². The lowest BCUT2D eigenvalue weighted by Crippen LogP contribution is -2.24. The lowest BCUT2D eigenvalue weighted by atomic mass is 10.2. The van der Waals surface area contributed by atoms with Crippen LogP contribution in [0.2, 0.25) is 0 Å². The summed E-state index contributed by atoms with van der Waals surface area (Å²) in [5, 5.41) is 4.74. The summed E-state index contributed by atoms with van der Waals surface area (Å²) in [4.78, 5) is 13.2. The Morgan fingerprint density at radius 2 is 1.95 bits per heavy atom. The van der Waals surface area contributed by atoms with Gasteiger partial charge in [0.1, 0.15) is 0 Å². The van der Waals surface area contributed by atoms with Gasteiger partial charge in [0.2, 0.25) is 10.0 Å². The van der Waals surface area contributed by atoms with Crippen molar-refractivity contribution in [2.24, 2.45) is 0 Å². The van der Waals surface area contributed by atoms with E-state index in [0.717, 1.165) is 9.35 Å². The zero-order valence-electron chi connectivity index (χ0n) is 11.8. The third-order valence-electron chi connectivity index (χ3n) is 2.81. The molecule has 118 valence electrons. The number of sulfonamides is 1. The van der Waals surface area contributed by atoms with Crippen LogP contribution in [-0.4, -0.2) is 20.9 Å². The fraction of sp³-hybridized carbons (Fsp3) is 0.214. The van der Waals surface area contributed by atoms with Gasteiger partial charge in [0.25, 0.3) is 5.91 Å². The van der Waals surface area contributed by atoms with Gasteiger partial charge < -0.3 is 5.32 Å². The van der Waals surface area contributed by atoms with Crippen LogP contribution in [0.4, 0.5) is 0 Å². The van der Waals surface area contributed by atoms with E-state index < -0.39 is 10.0 Å². The number of hydrogen-bond acceptors (Lipinski definition) is 4. The second kappa shape index (κ2) is 7.36. The molecule has 0 atom stereocenters. The van der Waals surface area contributed by atoms with Gasteiger partial charge in [-0.25, -0.2) is 13.1 Å². The molecule has 0 bridgehead atoms. The van der Waals surface area contributed by atoms with E-state index in [1.54, 1.807) is 18.3 Å². The molecule has 0 saturated carbocycles. The van der Waals surface area contributed by atoms with Gasteiger partial charge in [-0.1, -0.05) is 6.92 Å². The summed E-state index contributed by atoms with van der Waals surface area (Å²) in [5.41, 5.74) is 0.422. The lowest BCUT2D eigenvalue weighted by molar-refractivity contribution is 0.0951. The first-order valence-corrected chi connectivity index (χ1v) is 9.69. The number of carbonyl (C=O) groups excluding carboxylic acids is 1. The van der Waals surface area contributed by atoms with E-state index in [2.05, 4.69) is 26.0 Å². The van der Waals surface area contributed by atoms with Crippen LogP contribution in [-0.2, 0) is 16.6 Å². The summed E-state index contributed by atoms with van der Waals surface area (Å²) in [6, 6.07) is 7.80. The maximum atomic E-state index is 12.0. The average Bonchev–Trinajstić information content (AvgIpc) is 2.90. The summed E-state index contributed by atoms with van der Waals surface area (Å²) in [7, 11) is -3.49. The van der Waals surface area contributed by atoms with E-state index in [9.17, 15) is 13.2 Å². The molecule has 1 aromatic heterocycles. The monoisotopic (exact) mass is 402 g/mol. The van der Waals surface area contributed by atoms with Crippen molar-refractivity contribution in [3.8, 4) is 0 Å². The Hall–Kier alpha value is -1.22. The predicted molar refractivity (Wildman–Crippen MR) is 90.5 cm³/mol. The van der Waals surface area contributed by atoms with Gasteiger partial charge in [0, 0.05) is 26.8 Å². The fourth-order valence-electron chi connectivity index (χ4n) is 1.77. The Morgan fingerprint density at radius 1 is 1.27 bits per heavy atom. The lowest BCUT2D eigenvalue weighted by Gasteiger charge is -2.06. The molecule has 2 rings (SSSR count). The number of carbonyl (C=O) groups is 1. The minimum atomic E-state index is -3.49. The summed E-state index contributed by atoms with van der Waals surface area (Å²) in [6.45, 7) is 2.47. The fourth-order valence-corrected chi connectivity index (χ4v) is 4.21. The van der Waals surface area contributed by atoms with E-state index in [1.165, 1.54) is 24.3 Å². The molecule has 2 N–H and O–H groups in total. The van der Waals surface area contributed by atoms with Crippen molar-refractivity contribution in [2.45, 2.75) is 18.4 Å². The predicted octanol–water partition coefficient (Wildman–Crippen LogP) is 2.74. The van der Waals surface area contributed by atoms with Gasteiger partial charge in [-0.15, -0.1) is 11.3 Å². The Bertz CT molecular complexity index is 755. The first-order valence-electron chi connectivity index (χ1n) is 6.53. The Morgan fingerprint density at radius 3 is 2.50 bits per heavy atom. The van der Waals surface area contributed by atoms with E-state index in [1.807, 2.05) is 11.4 Å². The third-order valence-corrected chi connectivity index (χ3v) is 6.07. The zero-order valence-corrected chi connectivity index (χ0v) is 15.0. The van der Waals surface area contributed by atoms with Gasteiger partial charge in [0.05, 0.1) is 11.4 Å². The number of benzene rings is 1. The normalized spacial score (nSPS) is 11.4. The first kappa shape index (κ1) is 17.1. The van der Waals surface area contributed by atoms with Crippen LogP contribution < -0.4 is 10.0 Å². The molecule has 0 fully saturated rings. The Balaban J connectivity index is 2.02. The molecule has 1 heterocycles. The summed E-state index contributed by atoms with van der Waals surface area (Å²) >= 11 is 4.91. The number of rotatable bonds is 6. The highest BCUT2D eigenvalue weighted by Gasteiger charge is 2.13.